The molecule has 0 aliphatic carbocycles. The number of pyridine rings is 2. The van der Waals surface area contributed by atoms with Crippen molar-refractivity contribution in [3.8, 4) is 5.75 Å². The summed E-state index contributed by atoms with van der Waals surface area (Å²) < 4.78 is 0. The molecule has 4 rings (SSSR count). The van der Waals surface area contributed by atoms with Gasteiger partial charge < -0.3 is 10.8 Å². The lowest BCUT2D eigenvalue weighted by Crippen LogP contribution is -2.00. The van der Waals surface area contributed by atoms with Crippen LogP contribution in [0.2, 0.25) is 0 Å². The summed E-state index contributed by atoms with van der Waals surface area (Å²) in [5.74, 6) is 0.779. The lowest BCUT2D eigenvalue weighted by atomic mass is 9.96. The van der Waals surface area contributed by atoms with Gasteiger partial charge >= 0.3 is 0 Å². The van der Waals surface area contributed by atoms with E-state index in [4.69, 9.17) is 5.73 Å². The quantitative estimate of drug-likeness (QED) is 0.538. The van der Waals surface area contributed by atoms with Gasteiger partial charge in [-0.1, -0.05) is 18.2 Å². The lowest BCUT2D eigenvalue weighted by molar-refractivity contribution is 0.474. The first kappa shape index (κ1) is 16.3. The number of fused-ring (bicyclic) bond motifs is 3. The van der Waals surface area contributed by atoms with E-state index in [2.05, 4.69) is 41.2 Å². The van der Waals surface area contributed by atoms with E-state index in [1.54, 1.807) is 18.3 Å². The van der Waals surface area contributed by atoms with Crippen molar-refractivity contribution in [3.63, 3.8) is 0 Å². The van der Waals surface area contributed by atoms with E-state index in [0.717, 1.165) is 45.8 Å². The molecule has 0 saturated heterocycles. The molecule has 0 radical (unpaired) electrons. The normalized spacial score (nSPS) is 11.3. The van der Waals surface area contributed by atoms with Crippen LogP contribution in [0.25, 0.3) is 21.8 Å². The third-order valence-corrected chi connectivity index (χ3v) is 4.93. The Bertz CT molecular complexity index is 1140. The van der Waals surface area contributed by atoms with Crippen molar-refractivity contribution in [1.82, 2.24) is 9.97 Å². The number of anilines is 1. The molecule has 4 nitrogen and oxygen atoms in total. The van der Waals surface area contributed by atoms with Gasteiger partial charge in [0.05, 0.1) is 5.52 Å². The van der Waals surface area contributed by atoms with Gasteiger partial charge in [-0.3, -0.25) is 4.98 Å². The molecule has 0 fully saturated rings. The molecule has 0 atom stereocenters. The molecular weight excluding hydrogens is 322 g/mol. The first-order valence-electron chi connectivity index (χ1n) is 8.75. The van der Waals surface area contributed by atoms with Gasteiger partial charge in [-0.2, -0.15) is 0 Å². The molecule has 0 amide bonds. The minimum absolute atomic E-state index is 0.306. The van der Waals surface area contributed by atoms with Gasteiger partial charge in [0.1, 0.15) is 11.3 Å². The summed E-state index contributed by atoms with van der Waals surface area (Å²) in [6.45, 7) is 4.08. The highest BCUT2D eigenvalue weighted by molar-refractivity contribution is 6.09. The fourth-order valence-electron chi connectivity index (χ4n) is 3.56. The maximum absolute atomic E-state index is 9.61. The zero-order valence-electron chi connectivity index (χ0n) is 15.0. The monoisotopic (exact) mass is 343 g/mol. The van der Waals surface area contributed by atoms with Crippen molar-refractivity contribution in [2.75, 3.05) is 5.73 Å². The molecular formula is C22H21N3O. The average Bonchev–Trinajstić information content (AvgIpc) is 2.61. The van der Waals surface area contributed by atoms with Crippen LogP contribution in [0.1, 0.15) is 22.3 Å². The number of aromatic nitrogens is 2. The second-order valence-electron chi connectivity index (χ2n) is 6.82. The fraction of sp³-hybridized carbons (Fsp3) is 0.182. The average molecular weight is 343 g/mol. The van der Waals surface area contributed by atoms with E-state index in [1.807, 2.05) is 13.0 Å². The maximum atomic E-state index is 9.61. The first-order chi connectivity index (χ1) is 12.5. The van der Waals surface area contributed by atoms with Gasteiger partial charge in [0.15, 0.2) is 5.82 Å². The van der Waals surface area contributed by atoms with Crippen LogP contribution in [0.4, 0.5) is 5.82 Å². The van der Waals surface area contributed by atoms with Gasteiger partial charge in [0.25, 0.3) is 0 Å². The number of nitrogens with two attached hydrogens (primary N) is 1. The highest BCUT2D eigenvalue weighted by Crippen LogP contribution is 2.30. The van der Waals surface area contributed by atoms with E-state index >= 15 is 0 Å². The fourth-order valence-corrected chi connectivity index (χ4v) is 3.56. The van der Waals surface area contributed by atoms with Crippen molar-refractivity contribution >= 4 is 27.6 Å². The van der Waals surface area contributed by atoms with Crippen molar-refractivity contribution in [2.45, 2.75) is 26.7 Å². The van der Waals surface area contributed by atoms with Crippen molar-refractivity contribution in [1.29, 1.82) is 0 Å². The molecule has 0 unspecified atom stereocenters. The van der Waals surface area contributed by atoms with E-state index in [9.17, 15) is 5.11 Å². The number of aryl methyl sites for hydroxylation is 4. The number of hydrogen-bond donors (Lipinski definition) is 2. The number of phenols is 1. The number of phenolic OH excluding ortho intramolecular Hbond substituents is 1. The van der Waals surface area contributed by atoms with Crippen molar-refractivity contribution in [3.05, 3.63) is 70.9 Å². The smallest absolute Gasteiger partial charge is 0.150 e. The summed E-state index contributed by atoms with van der Waals surface area (Å²) in [6.07, 6.45) is 3.57. The Morgan fingerprint density at radius 1 is 0.962 bits per heavy atom. The molecule has 4 aromatic rings. The summed E-state index contributed by atoms with van der Waals surface area (Å²) in [5, 5.41) is 11.8. The standard InChI is InChI=1S/C22H21N3O/c1-13-3-8-18-19(11-13)25-22(23)21-20(18)16(9-10-24-21)5-4-15-6-7-17(26)12-14(15)2/h3,6-12,26H,4-5H2,1-2H3,(H2,23,25). The van der Waals surface area contributed by atoms with Gasteiger partial charge in [0, 0.05) is 17.0 Å². The second kappa shape index (κ2) is 6.30. The summed E-state index contributed by atoms with van der Waals surface area (Å²) in [7, 11) is 0. The highest BCUT2D eigenvalue weighted by Gasteiger charge is 2.12. The third-order valence-electron chi connectivity index (χ3n) is 4.93. The lowest BCUT2D eigenvalue weighted by Gasteiger charge is -2.12. The van der Waals surface area contributed by atoms with Crippen molar-refractivity contribution < 1.29 is 5.11 Å². The summed E-state index contributed by atoms with van der Waals surface area (Å²) in [6, 6.07) is 13.9. The van der Waals surface area contributed by atoms with Crippen LogP contribution in [0, 0.1) is 13.8 Å². The number of benzene rings is 2. The molecule has 0 aliphatic rings. The van der Waals surface area contributed by atoms with E-state index < -0.39 is 0 Å². The topological polar surface area (TPSA) is 72.0 Å². The Morgan fingerprint density at radius 3 is 2.58 bits per heavy atom. The number of hydrogen-bond acceptors (Lipinski definition) is 4. The third kappa shape index (κ3) is 2.84. The first-order valence-corrected chi connectivity index (χ1v) is 8.75. The highest BCUT2D eigenvalue weighted by atomic mass is 16.3. The molecule has 2 aromatic heterocycles. The van der Waals surface area contributed by atoms with Crippen LogP contribution < -0.4 is 5.73 Å². The molecule has 2 aromatic carbocycles. The molecule has 2 heterocycles. The Balaban J connectivity index is 1.83. The molecule has 130 valence electrons. The SMILES string of the molecule is Cc1ccc2c(c1)nc(N)c1nccc(CCc3ccc(O)cc3C)c12. The maximum Gasteiger partial charge on any atom is 0.150 e. The van der Waals surface area contributed by atoms with Gasteiger partial charge in [-0.25, -0.2) is 4.98 Å². The van der Waals surface area contributed by atoms with Crippen LogP contribution in [0.15, 0.2) is 48.7 Å². The van der Waals surface area contributed by atoms with E-state index in [1.165, 1.54) is 11.1 Å². The Morgan fingerprint density at radius 2 is 1.77 bits per heavy atom. The van der Waals surface area contributed by atoms with Crippen LogP contribution >= 0.6 is 0 Å². The zero-order valence-corrected chi connectivity index (χ0v) is 15.0. The Labute approximate surface area is 152 Å². The molecule has 3 N–H and O–H groups in total. The van der Waals surface area contributed by atoms with Crippen LogP contribution in [0.5, 0.6) is 5.75 Å². The molecule has 4 heteroatoms. The molecule has 26 heavy (non-hydrogen) atoms. The second-order valence-corrected chi connectivity index (χ2v) is 6.82. The van der Waals surface area contributed by atoms with Gasteiger partial charge in [-0.05, 0) is 73.2 Å². The summed E-state index contributed by atoms with van der Waals surface area (Å²) in [5.41, 5.74) is 12.6. The minimum atomic E-state index is 0.306. The predicted octanol–water partition coefficient (Wildman–Crippen LogP) is 4.47. The Kier molecular flexibility index (Phi) is 3.96. The number of aromatic hydroxyl groups is 1. The molecule has 0 saturated carbocycles. The largest absolute Gasteiger partial charge is 0.508 e. The zero-order chi connectivity index (χ0) is 18.3. The molecule has 0 aliphatic heterocycles. The number of rotatable bonds is 3. The molecule has 0 spiro atoms. The van der Waals surface area contributed by atoms with Crippen LogP contribution in [0.3, 0.4) is 0 Å². The van der Waals surface area contributed by atoms with Gasteiger partial charge in [-0.15, -0.1) is 0 Å². The summed E-state index contributed by atoms with van der Waals surface area (Å²) >= 11 is 0. The predicted molar refractivity (Wildman–Crippen MR) is 106 cm³/mol. The number of nitrogens with zero attached hydrogens (tertiary/aromatic N) is 2. The van der Waals surface area contributed by atoms with Gasteiger partial charge in [0.2, 0.25) is 0 Å². The number of nitrogen functional groups attached to an aromatic ring is 1. The minimum Gasteiger partial charge on any atom is -0.508 e. The summed E-state index contributed by atoms with van der Waals surface area (Å²) in [4.78, 5) is 9.01. The Hall–Kier alpha value is -3.14. The van der Waals surface area contributed by atoms with Crippen molar-refractivity contribution in [2.24, 2.45) is 0 Å². The van der Waals surface area contributed by atoms with E-state index in [0.29, 0.717) is 11.6 Å². The van der Waals surface area contributed by atoms with Crippen LogP contribution in [-0.2, 0) is 12.8 Å². The van der Waals surface area contributed by atoms with E-state index in [-0.39, 0.29) is 0 Å². The van der Waals surface area contributed by atoms with Crippen LogP contribution in [-0.4, -0.2) is 15.1 Å². The molecule has 0 bridgehead atoms.